The summed E-state index contributed by atoms with van der Waals surface area (Å²) in [6.07, 6.45) is 0. The van der Waals surface area contributed by atoms with Crippen molar-refractivity contribution < 1.29 is 4.79 Å². The van der Waals surface area contributed by atoms with Gasteiger partial charge in [-0.2, -0.15) is 0 Å². The lowest BCUT2D eigenvalue weighted by Gasteiger charge is -2.26. The molecule has 0 atom stereocenters. The Morgan fingerprint density at radius 3 is 2.67 bits per heavy atom. The summed E-state index contributed by atoms with van der Waals surface area (Å²) < 4.78 is 0.800. The van der Waals surface area contributed by atoms with Crippen LogP contribution in [-0.4, -0.2) is 28.4 Å². The van der Waals surface area contributed by atoms with Crippen LogP contribution in [0.1, 0.15) is 24.2 Å². The fourth-order valence-corrected chi connectivity index (χ4v) is 2.17. The van der Waals surface area contributed by atoms with E-state index in [1.165, 1.54) is 0 Å². The molecule has 0 saturated heterocycles. The van der Waals surface area contributed by atoms with Gasteiger partial charge in [-0.25, -0.2) is 0 Å². The van der Waals surface area contributed by atoms with Gasteiger partial charge < -0.3 is 10.6 Å². The Morgan fingerprint density at radius 1 is 1.56 bits per heavy atom. The number of benzene rings is 1. The third-order valence-corrected chi connectivity index (χ3v) is 3.32. The summed E-state index contributed by atoms with van der Waals surface area (Å²) >= 11 is 14.2. The van der Waals surface area contributed by atoms with Crippen LogP contribution in [-0.2, 0) is 0 Å². The molecule has 0 aromatic heterocycles. The van der Waals surface area contributed by atoms with Gasteiger partial charge in [0.05, 0.1) is 22.1 Å². The van der Waals surface area contributed by atoms with Gasteiger partial charge in [-0.15, -0.1) is 0 Å². The van der Waals surface area contributed by atoms with E-state index in [-0.39, 0.29) is 23.5 Å². The first-order valence-electron chi connectivity index (χ1n) is 5.37. The van der Waals surface area contributed by atoms with Crippen LogP contribution in [0.25, 0.3) is 0 Å². The molecule has 1 amide bonds. The van der Waals surface area contributed by atoms with Crippen molar-refractivity contribution in [1.82, 2.24) is 4.90 Å². The molecule has 0 saturated carbocycles. The van der Waals surface area contributed by atoms with Crippen LogP contribution in [0.15, 0.2) is 22.7 Å². The first-order chi connectivity index (χ1) is 8.32. The lowest BCUT2D eigenvalue weighted by Crippen LogP contribution is -2.42. The number of hydrogen-bond acceptors (Lipinski definition) is 2. The van der Waals surface area contributed by atoms with Gasteiger partial charge in [-0.05, 0) is 32.0 Å². The van der Waals surface area contributed by atoms with E-state index < -0.39 is 0 Å². The standard InChI is InChI=1S/C12H14BrClN2OS/c1-7(2)16(6-11(15)18)12(17)9-5-8(13)3-4-10(9)14/h3-5,7H,6H2,1-2H3,(H2,15,18). The maximum absolute atomic E-state index is 12.4. The van der Waals surface area contributed by atoms with E-state index in [0.29, 0.717) is 10.6 Å². The summed E-state index contributed by atoms with van der Waals surface area (Å²) in [7, 11) is 0. The first-order valence-corrected chi connectivity index (χ1v) is 6.95. The molecule has 0 spiro atoms. The maximum Gasteiger partial charge on any atom is 0.256 e. The lowest BCUT2D eigenvalue weighted by molar-refractivity contribution is 0.0736. The van der Waals surface area contributed by atoms with E-state index in [4.69, 9.17) is 29.6 Å². The van der Waals surface area contributed by atoms with Gasteiger partial charge in [-0.3, -0.25) is 4.79 Å². The molecule has 0 heterocycles. The van der Waals surface area contributed by atoms with Gasteiger partial charge in [-0.1, -0.05) is 39.7 Å². The van der Waals surface area contributed by atoms with Crippen LogP contribution in [0, 0.1) is 0 Å². The predicted octanol–water partition coefficient (Wildman–Crippen LogP) is 3.24. The minimum Gasteiger partial charge on any atom is -0.392 e. The normalized spacial score (nSPS) is 10.5. The number of rotatable bonds is 4. The number of carbonyl (C=O) groups excluding carboxylic acids is 1. The highest BCUT2D eigenvalue weighted by molar-refractivity contribution is 9.10. The Hall–Kier alpha value is -0.650. The molecular formula is C12H14BrClN2OS. The second-order valence-electron chi connectivity index (χ2n) is 4.12. The molecule has 0 aliphatic rings. The summed E-state index contributed by atoms with van der Waals surface area (Å²) in [6, 6.07) is 5.15. The van der Waals surface area contributed by atoms with E-state index in [1.54, 1.807) is 23.1 Å². The highest BCUT2D eigenvalue weighted by atomic mass is 79.9. The predicted molar refractivity (Wildman–Crippen MR) is 82.1 cm³/mol. The maximum atomic E-state index is 12.4. The van der Waals surface area contributed by atoms with Crippen molar-refractivity contribution in [2.75, 3.05) is 6.54 Å². The van der Waals surface area contributed by atoms with E-state index in [2.05, 4.69) is 15.9 Å². The van der Waals surface area contributed by atoms with E-state index in [1.807, 2.05) is 13.8 Å². The Bertz CT molecular complexity index is 479. The second-order valence-corrected chi connectivity index (χ2v) is 5.96. The van der Waals surface area contributed by atoms with Gasteiger partial charge in [0, 0.05) is 10.5 Å². The number of nitrogens with zero attached hydrogens (tertiary/aromatic N) is 1. The largest absolute Gasteiger partial charge is 0.392 e. The zero-order chi connectivity index (χ0) is 13.9. The zero-order valence-electron chi connectivity index (χ0n) is 10.1. The van der Waals surface area contributed by atoms with Crippen LogP contribution < -0.4 is 5.73 Å². The van der Waals surface area contributed by atoms with Crippen molar-refractivity contribution in [2.45, 2.75) is 19.9 Å². The minimum absolute atomic E-state index is 0.00551. The molecule has 2 N–H and O–H groups in total. The van der Waals surface area contributed by atoms with Crippen molar-refractivity contribution in [1.29, 1.82) is 0 Å². The third kappa shape index (κ3) is 3.93. The van der Waals surface area contributed by atoms with Gasteiger partial charge in [0.25, 0.3) is 5.91 Å². The molecule has 0 bridgehead atoms. The number of nitrogens with two attached hydrogens (primary N) is 1. The number of halogens is 2. The Labute approximate surface area is 125 Å². The van der Waals surface area contributed by atoms with Crippen LogP contribution in [0.5, 0.6) is 0 Å². The smallest absolute Gasteiger partial charge is 0.256 e. The highest BCUT2D eigenvalue weighted by Crippen LogP contribution is 2.23. The number of carbonyl (C=O) groups is 1. The summed E-state index contributed by atoms with van der Waals surface area (Å²) in [6.45, 7) is 4.05. The molecule has 18 heavy (non-hydrogen) atoms. The minimum atomic E-state index is -0.177. The van der Waals surface area contributed by atoms with E-state index in [0.717, 1.165) is 4.47 Å². The number of hydrogen-bond donors (Lipinski definition) is 1. The summed E-state index contributed by atoms with van der Waals surface area (Å²) in [5, 5.41) is 0.414. The van der Waals surface area contributed by atoms with Crippen LogP contribution in [0.3, 0.4) is 0 Å². The van der Waals surface area contributed by atoms with Crippen molar-refractivity contribution in [3.63, 3.8) is 0 Å². The fraction of sp³-hybridized carbons (Fsp3) is 0.333. The Balaban J connectivity index is 3.09. The molecule has 98 valence electrons. The van der Waals surface area contributed by atoms with Crippen molar-refractivity contribution in [3.05, 3.63) is 33.3 Å². The molecular weight excluding hydrogens is 336 g/mol. The third-order valence-electron chi connectivity index (χ3n) is 2.37. The molecule has 0 unspecified atom stereocenters. The SMILES string of the molecule is CC(C)N(CC(N)=S)C(=O)c1cc(Br)ccc1Cl. The van der Waals surface area contributed by atoms with Gasteiger partial charge in [0.2, 0.25) is 0 Å². The lowest BCUT2D eigenvalue weighted by atomic mass is 10.1. The molecule has 0 radical (unpaired) electrons. The van der Waals surface area contributed by atoms with E-state index in [9.17, 15) is 4.79 Å². The quantitative estimate of drug-likeness (QED) is 0.849. The molecule has 1 rings (SSSR count). The summed E-state index contributed by atoms with van der Waals surface area (Å²) in [4.78, 5) is 14.3. The summed E-state index contributed by atoms with van der Waals surface area (Å²) in [5.74, 6) is -0.177. The molecule has 3 nitrogen and oxygen atoms in total. The number of thiocarbonyl (C=S) groups is 1. The molecule has 0 aliphatic heterocycles. The highest BCUT2D eigenvalue weighted by Gasteiger charge is 2.21. The van der Waals surface area contributed by atoms with Crippen LogP contribution in [0.2, 0.25) is 5.02 Å². The fourth-order valence-electron chi connectivity index (χ4n) is 1.47. The molecule has 0 fully saturated rings. The topological polar surface area (TPSA) is 46.3 Å². The molecule has 1 aromatic rings. The van der Waals surface area contributed by atoms with Crippen molar-refractivity contribution >= 4 is 50.6 Å². The Kier molecular flexibility index (Phi) is 5.56. The van der Waals surface area contributed by atoms with Gasteiger partial charge in [0.15, 0.2) is 0 Å². The van der Waals surface area contributed by atoms with Crippen LogP contribution in [0.4, 0.5) is 0 Å². The first kappa shape index (κ1) is 15.4. The molecule has 1 aromatic carbocycles. The molecule has 6 heteroatoms. The van der Waals surface area contributed by atoms with E-state index >= 15 is 0 Å². The summed E-state index contributed by atoms with van der Waals surface area (Å²) in [5.41, 5.74) is 5.95. The Morgan fingerprint density at radius 2 is 2.17 bits per heavy atom. The average Bonchev–Trinajstić information content (AvgIpc) is 2.27. The second kappa shape index (κ2) is 6.50. The zero-order valence-corrected chi connectivity index (χ0v) is 13.3. The van der Waals surface area contributed by atoms with Crippen LogP contribution >= 0.6 is 39.7 Å². The van der Waals surface area contributed by atoms with Gasteiger partial charge in [0.1, 0.15) is 0 Å². The van der Waals surface area contributed by atoms with Crippen molar-refractivity contribution in [3.8, 4) is 0 Å². The van der Waals surface area contributed by atoms with Crippen molar-refractivity contribution in [2.24, 2.45) is 5.73 Å². The monoisotopic (exact) mass is 348 g/mol. The average molecular weight is 350 g/mol. The molecule has 0 aliphatic carbocycles. The number of amides is 1. The van der Waals surface area contributed by atoms with Gasteiger partial charge >= 0.3 is 0 Å².